The highest BCUT2D eigenvalue weighted by molar-refractivity contribution is 5.91. The van der Waals surface area contributed by atoms with Crippen molar-refractivity contribution in [1.82, 2.24) is 9.78 Å². The monoisotopic (exact) mass is 328 g/mol. The van der Waals surface area contributed by atoms with Gasteiger partial charge in [0, 0.05) is 25.6 Å². The molecule has 0 saturated carbocycles. The van der Waals surface area contributed by atoms with Crippen LogP contribution in [0.2, 0.25) is 0 Å². The molecule has 1 aromatic carbocycles. The summed E-state index contributed by atoms with van der Waals surface area (Å²) in [5, 5.41) is 10.8. The number of hydrogen-bond acceptors (Lipinski definition) is 4. The van der Waals surface area contributed by atoms with Crippen LogP contribution in [-0.4, -0.2) is 29.3 Å². The van der Waals surface area contributed by atoms with E-state index in [1.54, 1.807) is 11.8 Å². The van der Waals surface area contributed by atoms with Gasteiger partial charge in [0.15, 0.2) is 0 Å². The lowest BCUT2D eigenvalue weighted by molar-refractivity contribution is -0.116. The van der Waals surface area contributed by atoms with Crippen LogP contribution >= 0.6 is 0 Å². The molecule has 0 spiro atoms. The second kappa shape index (κ2) is 6.95. The molecule has 0 aliphatic heterocycles. The summed E-state index contributed by atoms with van der Waals surface area (Å²) < 4.78 is 7.11. The normalized spacial score (nSPS) is 12.8. The van der Waals surface area contributed by atoms with Crippen molar-refractivity contribution in [2.45, 2.75) is 32.6 Å². The van der Waals surface area contributed by atoms with Gasteiger partial charge in [0.25, 0.3) is 0 Å². The van der Waals surface area contributed by atoms with Gasteiger partial charge in [-0.3, -0.25) is 9.48 Å². The van der Waals surface area contributed by atoms with Gasteiger partial charge in [-0.25, -0.2) is 0 Å². The van der Waals surface area contributed by atoms with Gasteiger partial charge in [0.1, 0.15) is 11.6 Å². The first-order chi connectivity index (χ1) is 11.6. The second-order valence-electron chi connectivity index (χ2n) is 6.18. The molecule has 3 rings (SSSR count). The van der Waals surface area contributed by atoms with E-state index in [-0.39, 0.29) is 5.91 Å². The zero-order valence-corrected chi connectivity index (χ0v) is 14.5. The molecule has 0 bridgehead atoms. The summed E-state index contributed by atoms with van der Waals surface area (Å²) in [4.78, 5) is 12.3. The number of amides is 1. The Balaban J connectivity index is 1.56. The SMILES string of the molecule is COc1ccc(C)cc1NCCC(=O)Nc1c2c(nn1C)CCC2. The number of methoxy groups -OCH3 is 1. The molecule has 0 atom stereocenters. The van der Waals surface area contributed by atoms with Crippen molar-refractivity contribution in [3.63, 3.8) is 0 Å². The van der Waals surface area contributed by atoms with Crippen LogP contribution in [0, 0.1) is 6.92 Å². The van der Waals surface area contributed by atoms with Gasteiger partial charge in [0.05, 0.1) is 18.5 Å². The molecular formula is C18H24N4O2. The molecule has 128 valence electrons. The zero-order valence-electron chi connectivity index (χ0n) is 14.5. The van der Waals surface area contributed by atoms with Gasteiger partial charge in [-0.15, -0.1) is 0 Å². The van der Waals surface area contributed by atoms with Crippen molar-refractivity contribution in [3.05, 3.63) is 35.0 Å². The van der Waals surface area contributed by atoms with E-state index in [9.17, 15) is 4.79 Å². The number of aryl methyl sites for hydroxylation is 3. The lowest BCUT2D eigenvalue weighted by Crippen LogP contribution is -2.19. The minimum Gasteiger partial charge on any atom is -0.495 e. The molecule has 0 fully saturated rings. The van der Waals surface area contributed by atoms with Crippen LogP contribution in [-0.2, 0) is 24.7 Å². The summed E-state index contributed by atoms with van der Waals surface area (Å²) in [6.07, 6.45) is 3.51. The summed E-state index contributed by atoms with van der Waals surface area (Å²) in [6.45, 7) is 2.58. The minimum atomic E-state index is -0.00757. The van der Waals surface area contributed by atoms with Crippen LogP contribution in [0.15, 0.2) is 18.2 Å². The third-order valence-electron chi connectivity index (χ3n) is 4.35. The minimum absolute atomic E-state index is 0.00757. The molecule has 6 nitrogen and oxygen atoms in total. The van der Waals surface area contributed by atoms with Crippen molar-refractivity contribution in [3.8, 4) is 5.75 Å². The lowest BCUT2D eigenvalue weighted by atomic mass is 10.2. The second-order valence-corrected chi connectivity index (χ2v) is 6.18. The number of fused-ring (bicyclic) bond motifs is 1. The Morgan fingerprint density at radius 3 is 3.00 bits per heavy atom. The molecule has 2 aromatic rings. The number of hydrogen-bond donors (Lipinski definition) is 2. The molecule has 1 heterocycles. The highest BCUT2D eigenvalue weighted by Gasteiger charge is 2.21. The topological polar surface area (TPSA) is 68.2 Å². The third kappa shape index (κ3) is 3.37. The fraction of sp³-hybridized carbons (Fsp3) is 0.444. The van der Waals surface area contributed by atoms with E-state index in [4.69, 9.17) is 4.74 Å². The van der Waals surface area contributed by atoms with E-state index < -0.39 is 0 Å². The number of carbonyl (C=O) groups excluding carboxylic acids is 1. The van der Waals surface area contributed by atoms with E-state index in [0.29, 0.717) is 13.0 Å². The molecule has 1 amide bonds. The van der Waals surface area contributed by atoms with Gasteiger partial charge in [-0.2, -0.15) is 5.10 Å². The maximum atomic E-state index is 12.3. The average Bonchev–Trinajstić information content (AvgIpc) is 3.10. The van der Waals surface area contributed by atoms with E-state index in [0.717, 1.165) is 47.8 Å². The van der Waals surface area contributed by atoms with E-state index in [1.807, 2.05) is 32.2 Å². The fourth-order valence-corrected chi connectivity index (χ4v) is 3.14. The summed E-state index contributed by atoms with van der Waals surface area (Å²) in [5.41, 5.74) is 4.37. The standard InChI is InChI=1S/C18H24N4O2/c1-12-7-8-16(24-3)15(11-12)19-10-9-17(23)20-18-13-5-4-6-14(13)21-22(18)2/h7-8,11,19H,4-6,9-10H2,1-3H3,(H,20,23). The number of carbonyl (C=O) groups is 1. The van der Waals surface area contributed by atoms with E-state index >= 15 is 0 Å². The molecule has 6 heteroatoms. The molecule has 1 aliphatic carbocycles. The first-order valence-electron chi connectivity index (χ1n) is 8.31. The van der Waals surface area contributed by atoms with Crippen LogP contribution in [0.1, 0.15) is 29.7 Å². The van der Waals surface area contributed by atoms with Crippen molar-refractivity contribution < 1.29 is 9.53 Å². The van der Waals surface area contributed by atoms with Gasteiger partial charge < -0.3 is 15.4 Å². The van der Waals surface area contributed by atoms with Crippen molar-refractivity contribution >= 4 is 17.4 Å². The van der Waals surface area contributed by atoms with Crippen LogP contribution in [0.4, 0.5) is 11.5 Å². The number of aromatic nitrogens is 2. The first kappa shape index (κ1) is 16.4. The summed E-state index contributed by atoms with van der Waals surface area (Å²) >= 11 is 0. The van der Waals surface area contributed by atoms with Crippen molar-refractivity contribution in [1.29, 1.82) is 0 Å². The van der Waals surface area contributed by atoms with Gasteiger partial charge in [-0.1, -0.05) is 6.07 Å². The average molecular weight is 328 g/mol. The Morgan fingerprint density at radius 2 is 2.21 bits per heavy atom. The number of nitrogens with zero attached hydrogens (tertiary/aromatic N) is 2. The largest absolute Gasteiger partial charge is 0.495 e. The molecular weight excluding hydrogens is 304 g/mol. The van der Waals surface area contributed by atoms with Gasteiger partial charge >= 0.3 is 0 Å². The van der Waals surface area contributed by atoms with Gasteiger partial charge in [0.2, 0.25) is 5.91 Å². The third-order valence-corrected chi connectivity index (χ3v) is 4.35. The molecule has 24 heavy (non-hydrogen) atoms. The number of rotatable bonds is 6. The van der Waals surface area contributed by atoms with Crippen molar-refractivity contribution in [2.75, 3.05) is 24.3 Å². The molecule has 0 unspecified atom stereocenters. The predicted molar refractivity (Wildman–Crippen MR) is 94.7 cm³/mol. The van der Waals surface area contributed by atoms with Crippen LogP contribution in [0.25, 0.3) is 0 Å². The van der Waals surface area contributed by atoms with Crippen LogP contribution in [0.3, 0.4) is 0 Å². The smallest absolute Gasteiger partial charge is 0.227 e. The number of anilines is 2. The number of ether oxygens (including phenoxy) is 1. The van der Waals surface area contributed by atoms with Crippen molar-refractivity contribution in [2.24, 2.45) is 7.05 Å². The molecule has 1 aromatic heterocycles. The summed E-state index contributed by atoms with van der Waals surface area (Å²) in [6, 6.07) is 5.95. The quantitative estimate of drug-likeness (QED) is 0.855. The van der Waals surface area contributed by atoms with E-state index in [2.05, 4.69) is 15.7 Å². The van der Waals surface area contributed by atoms with Crippen LogP contribution in [0.5, 0.6) is 5.75 Å². The summed E-state index contributed by atoms with van der Waals surface area (Å²) in [7, 11) is 3.52. The molecule has 1 aliphatic rings. The lowest BCUT2D eigenvalue weighted by Gasteiger charge is -2.12. The number of benzene rings is 1. The van der Waals surface area contributed by atoms with Crippen LogP contribution < -0.4 is 15.4 Å². The first-order valence-corrected chi connectivity index (χ1v) is 8.31. The van der Waals surface area contributed by atoms with E-state index in [1.165, 1.54) is 5.56 Å². The highest BCUT2D eigenvalue weighted by Crippen LogP contribution is 2.28. The molecule has 2 N–H and O–H groups in total. The maximum absolute atomic E-state index is 12.3. The Hall–Kier alpha value is -2.50. The Bertz CT molecular complexity index is 752. The molecule has 0 saturated heterocycles. The Kier molecular flexibility index (Phi) is 4.74. The maximum Gasteiger partial charge on any atom is 0.227 e. The predicted octanol–water partition coefficient (Wildman–Crippen LogP) is 2.67. The highest BCUT2D eigenvalue weighted by atomic mass is 16.5. The zero-order chi connectivity index (χ0) is 17.1. The fourth-order valence-electron chi connectivity index (χ4n) is 3.14. The Labute approximate surface area is 142 Å². The molecule has 0 radical (unpaired) electrons. The Morgan fingerprint density at radius 1 is 1.38 bits per heavy atom. The number of nitrogens with one attached hydrogen (secondary N) is 2. The van der Waals surface area contributed by atoms with Gasteiger partial charge in [-0.05, 0) is 43.9 Å². The summed E-state index contributed by atoms with van der Waals surface area (Å²) in [5.74, 6) is 1.62.